The van der Waals surface area contributed by atoms with Gasteiger partial charge in [-0.15, -0.1) is 0 Å². The van der Waals surface area contributed by atoms with Gasteiger partial charge < -0.3 is 10.1 Å². The molecule has 1 N–H and O–H groups in total. The summed E-state index contributed by atoms with van der Waals surface area (Å²) in [4.78, 5) is 11.8. The van der Waals surface area contributed by atoms with E-state index in [0.717, 1.165) is 22.4 Å². The van der Waals surface area contributed by atoms with E-state index in [-0.39, 0.29) is 5.91 Å². The number of nitrogens with one attached hydrogen (secondary N) is 1. The quantitative estimate of drug-likeness (QED) is 0.825. The van der Waals surface area contributed by atoms with Crippen molar-refractivity contribution in [3.05, 3.63) is 64.2 Å². The number of rotatable bonds is 6. The van der Waals surface area contributed by atoms with Gasteiger partial charge in [0.1, 0.15) is 12.4 Å². The average Bonchev–Trinajstić information content (AvgIpc) is 2.47. The standard InChI is InChI=1S/C18H20ClNO2/c1-13-6-7-14(2)17(10-13)22-9-8-20-18(21)12-15-4-3-5-16(19)11-15/h3-7,10-11H,8-9,12H2,1-2H3,(H,20,21). The topological polar surface area (TPSA) is 38.3 Å². The first-order chi connectivity index (χ1) is 10.5. The van der Waals surface area contributed by atoms with Gasteiger partial charge in [-0.3, -0.25) is 4.79 Å². The zero-order valence-electron chi connectivity index (χ0n) is 12.9. The summed E-state index contributed by atoms with van der Waals surface area (Å²) in [5.41, 5.74) is 3.15. The van der Waals surface area contributed by atoms with E-state index in [1.54, 1.807) is 12.1 Å². The fraction of sp³-hybridized carbons (Fsp3) is 0.278. The molecule has 0 atom stereocenters. The number of hydrogen-bond donors (Lipinski definition) is 1. The molecule has 2 aromatic carbocycles. The summed E-state index contributed by atoms with van der Waals surface area (Å²) in [6.07, 6.45) is 0.323. The molecule has 0 spiro atoms. The van der Waals surface area contributed by atoms with E-state index in [4.69, 9.17) is 16.3 Å². The van der Waals surface area contributed by atoms with Gasteiger partial charge in [-0.2, -0.15) is 0 Å². The van der Waals surface area contributed by atoms with Crippen molar-refractivity contribution >= 4 is 17.5 Å². The van der Waals surface area contributed by atoms with Gasteiger partial charge in [-0.05, 0) is 48.7 Å². The highest BCUT2D eigenvalue weighted by Gasteiger charge is 2.04. The lowest BCUT2D eigenvalue weighted by molar-refractivity contribution is -0.120. The lowest BCUT2D eigenvalue weighted by Crippen LogP contribution is -2.29. The Labute approximate surface area is 136 Å². The third kappa shape index (κ3) is 5.08. The minimum Gasteiger partial charge on any atom is -0.491 e. The molecule has 116 valence electrons. The van der Waals surface area contributed by atoms with Crippen LogP contribution in [0, 0.1) is 13.8 Å². The first kappa shape index (κ1) is 16.4. The molecule has 0 aliphatic carbocycles. The molecule has 0 aromatic heterocycles. The van der Waals surface area contributed by atoms with Crippen molar-refractivity contribution in [2.24, 2.45) is 0 Å². The van der Waals surface area contributed by atoms with Gasteiger partial charge in [0.2, 0.25) is 5.91 Å². The molecular formula is C18H20ClNO2. The van der Waals surface area contributed by atoms with Gasteiger partial charge in [-0.1, -0.05) is 35.9 Å². The summed E-state index contributed by atoms with van der Waals surface area (Å²) < 4.78 is 5.70. The maximum absolute atomic E-state index is 11.8. The number of amides is 1. The monoisotopic (exact) mass is 317 g/mol. The Bertz CT molecular complexity index is 655. The molecule has 0 aliphatic rings. The lowest BCUT2D eigenvalue weighted by Gasteiger charge is -2.11. The molecule has 0 heterocycles. The maximum Gasteiger partial charge on any atom is 0.224 e. The highest BCUT2D eigenvalue weighted by atomic mass is 35.5. The highest BCUT2D eigenvalue weighted by Crippen LogP contribution is 2.18. The third-order valence-electron chi connectivity index (χ3n) is 3.28. The zero-order chi connectivity index (χ0) is 15.9. The van der Waals surface area contributed by atoms with Crippen LogP contribution in [0.3, 0.4) is 0 Å². The van der Waals surface area contributed by atoms with Gasteiger partial charge in [0.05, 0.1) is 13.0 Å². The number of halogens is 1. The Hall–Kier alpha value is -2.00. The molecule has 4 heteroatoms. The first-order valence-electron chi connectivity index (χ1n) is 7.26. The summed E-state index contributed by atoms with van der Waals surface area (Å²) in [7, 11) is 0. The van der Waals surface area contributed by atoms with Crippen LogP contribution in [0.25, 0.3) is 0 Å². The molecule has 3 nitrogen and oxygen atoms in total. The minimum atomic E-state index is -0.0353. The molecular weight excluding hydrogens is 298 g/mol. The molecule has 0 unspecified atom stereocenters. The van der Waals surface area contributed by atoms with Crippen molar-refractivity contribution in [1.82, 2.24) is 5.32 Å². The first-order valence-corrected chi connectivity index (χ1v) is 7.63. The Morgan fingerprint density at radius 1 is 1.18 bits per heavy atom. The highest BCUT2D eigenvalue weighted by molar-refractivity contribution is 6.30. The number of carbonyl (C=O) groups excluding carboxylic acids is 1. The average molecular weight is 318 g/mol. The van der Waals surface area contributed by atoms with Gasteiger partial charge in [0, 0.05) is 5.02 Å². The van der Waals surface area contributed by atoms with E-state index < -0.39 is 0 Å². The number of benzene rings is 2. The maximum atomic E-state index is 11.8. The SMILES string of the molecule is Cc1ccc(C)c(OCCNC(=O)Cc2cccc(Cl)c2)c1. The van der Waals surface area contributed by atoms with Crippen LogP contribution in [0.1, 0.15) is 16.7 Å². The van der Waals surface area contributed by atoms with Crippen molar-refractivity contribution in [3.63, 3.8) is 0 Å². The predicted octanol–water partition coefficient (Wildman–Crippen LogP) is 3.69. The summed E-state index contributed by atoms with van der Waals surface area (Å²) in [6.45, 7) is 4.96. The van der Waals surface area contributed by atoms with Crippen LogP contribution in [0.15, 0.2) is 42.5 Å². The second-order valence-electron chi connectivity index (χ2n) is 5.27. The predicted molar refractivity (Wildman–Crippen MR) is 89.6 cm³/mol. The Morgan fingerprint density at radius 3 is 2.77 bits per heavy atom. The van der Waals surface area contributed by atoms with Crippen molar-refractivity contribution in [3.8, 4) is 5.75 Å². The smallest absolute Gasteiger partial charge is 0.224 e. The Kier molecular flexibility index (Phi) is 5.84. The Morgan fingerprint density at radius 2 is 2.00 bits per heavy atom. The lowest BCUT2D eigenvalue weighted by atomic mass is 10.1. The van der Waals surface area contributed by atoms with Gasteiger partial charge in [-0.25, -0.2) is 0 Å². The van der Waals surface area contributed by atoms with E-state index in [2.05, 4.69) is 11.4 Å². The van der Waals surface area contributed by atoms with Crippen LogP contribution in [0.5, 0.6) is 5.75 Å². The van der Waals surface area contributed by atoms with Crippen LogP contribution in [-0.4, -0.2) is 19.1 Å². The van der Waals surface area contributed by atoms with Crippen LogP contribution >= 0.6 is 11.6 Å². The van der Waals surface area contributed by atoms with Crippen molar-refractivity contribution in [1.29, 1.82) is 0 Å². The van der Waals surface area contributed by atoms with Crippen molar-refractivity contribution < 1.29 is 9.53 Å². The molecule has 2 aromatic rings. The molecule has 2 rings (SSSR count). The minimum absolute atomic E-state index is 0.0353. The summed E-state index contributed by atoms with van der Waals surface area (Å²) in [5, 5.41) is 3.49. The molecule has 0 aliphatic heterocycles. The van der Waals surface area contributed by atoms with Crippen molar-refractivity contribution in [2.45, 2.75) is 20.3 Å². The summed E-state index contributed by atoms with van der Waals surface area (Å²) in [5.74, 6) is 0.830. The zero-order valence-corrected chi connectivity index (χ0v) is 13.6. The second-order valence-corrected chi connectivity index (χ2v) is 5.71. The number of hydrogen-bond acceptors (Lipinski definition) is 2. The summed E-state index contributed by atoms with van der Waals surface area (Å²) >= 11 is 5.90. The van der Waals surface area contributed by atoms with Crippen LogP contribution in [-0.2, 0) is 11.2 Å². The molecule has 1 amide bonds. The Balaban J connectivity index is 1.74. The van der Waals surface area contributed by atoms with Crippen LogP contribution in [0.2, 0.25) is 5.02 Å². The van der Waals surface area contributed by atoms with E-state index in [9.17, 15) is 4.79 Å². The fourth-order valence-corrected chi connectivity index (χ4v) is 2.32. The number of ether oxygens (including phenoxy) is 1. The molecule has 0 saturated carbocycles. The summed E-state index contributed by atoms with van der Waals surface area (Å²) in [6, 6.07) is 13.4. The molecule has 0 fully saturated rings. The normalized spacial score (nSPS) is 10.3. The third-order valence-corrected chi connectivity index (χ3v) is 3.51. The van der Waals surface area contributed by atoms with Gasteiger partial charge in [0.25, 0.3) is 0 Å². The second kappa shape index (κ2) is 7.85. The van der Waals surface area contributed by atoms with E-state index in [1.807, 2.05) is 38.1 Å². The van der Waals surface area contributed by atoms with Crippen molar-refractivity contribution in [2.75, 3.05) is 13.2 Å². The van der Waals surface area contributed by atoms with E-state index >= 15 is 0 Å². The van der Waals surface area contributed by atoms with E-state index in [0.29, 0.717) is 24.6 Å². The van der Waals surface area contributed by atoms with Gasteiger partial charge >= 0.3 is 0 Å². The number of aryl methyl sites for hydroxylation is 2. The molecule has 0 radical (unpaired) electrons. The fourth-order valence-electron chi connectivity index (χ4n) is 2.11. The largest absolute Gasteiger partial charge is 0.491 e. The van der Waals surface area contributed by atoms with Crippen LogP contribution < -0.4 is 10.1 Å². The molecule has 22 heavy (non-hydrogen) atoms. The van der Waals surface area contributed by atoms with Gasteiger partial charge in [0.15, 0.2) is 0 Å². The molecule has 0 saturated heterocycles. The van der Waals surface area contributed by atoms with Crippen LogP contribution in [0.4, 0.5) is 0 Å². The number of carbonyl (C=O) groups is 1. The molecule has 0 bridgehead atoms. The van der Waals surface area contributed by atoms with E-state index in [1.165, 1.54) is 0 Å².